The molecular formula is C9H17NO2. The summed E-state index contributed by atoms with van der Waals surface area (Å²) in [5, 5.41) is 0. The van der Waals surface area contributed by atoms with Gasteiger partial charge < -0.3 is 10.5 Å². The number of carbonyl (C=O) groups excluding carboxylic acids is 1. The highest BCUT2D eigenvalue weighted by molar-refractivity contribution is 5.81. The van der Waals surface area contributed by atoms with E-state index in [0.717, 1.165) is 12.8 Å². The van der Waals surface area contributed by atoms with Crippen molar-refractivity contribution in [3.63, 3.8) is 0 Å². The molecule has 1 saturated carbocycles. The van der Waals surface area contributed by atoms with Gasteiger partial charge in [0.25, 0.3) is 0 Å². The van der Waals surface area contributed by atoms with E-state index in [-0.39, 0.29) is 5.97 Å². The van der Waals surface area contributed by atoms with Crippen LogP contribution >= 0.6 is 0 Å². The van der Waals surface area contributed by atoms with Crippen LogP contribution in [0.25, 0.3) is 0 Å². The lowest BCUT2D eigenvalue weighted by atomic mass is 9.70. The zero-order valence-corrected chi connectivity index (χ0v) is 7.80. The number of rotatable bonds is 3. The van der Waals surface area contributed by atoms with Gasteiger partial charge in [0.15, 0.2) is 0 Å². The van der Waals surface area contributed by atoms with Gasteiger partial charge in [-0.3, -0.25) is 4.79 Å². The number of ether oxygens (including phenoxy) is 1. The van der Waals surface area contributed by atoms with Gasteiger partial charge in [-0.15, -0.1) is 0 Å². The molecule has 3 heteroatoms. The minimum Gasteiger partial charge on any atom is -0.468 e. The van der Waals surface area contributed by atoms with E-state index in [1.54, 1.807) is 0 Å². The molecule has 70 valence electrons. The van der Waals surface area contributed by atoms with Gasteiger partial charge in [0.05, 0.1) is 7.11 Å². The molecule has 1 aliphatic carbocycles. The third-order valence-electron chi connectivity index (χ3n) is 2.98. The summed E-state index contributed by atoms with van der Waals surface area (Å²) in [6, 6.07) is 0. The summed E-state index contributed by atoms with van der Waals surface area (Å²) < 4.78 is 4.70. The maximum atomic E-state index is 11.4. The quantitative estimate of drug-likeness (QED) is 0.646. The van der Waals surface area contributed by atoms with E-state index in [1.807, 2.05) is 6.92 Å². The highest BCUT2D eigenvalue weighted by atomic mass is 16.5. The molecule has 1 aliphatic rings. The fourth-order valence-electron chi connectivity index (χ4n) is 1.71. The third kappa shape index (κ3) is 1.33. The standard InChI is InChI=1S/C9H17NO2/c1-3-9(10,8(11)12-2)7-5-4-6-7/h7H,3-6,10H2,1-2H3. The number of nitrogens with two attached hydrogens (primary N) is 1. The molecule has 2 N–H and O–H groups in total. The smallest absolute Gasteiger partial charge is 0.326 e. The minimum absolute atomic E-state index is 0.255. The largest absolute Gasteiger partial charge is 0.468 e. The topological polar surface area (TPSA) is 52.3 Å². The Morgan fingerprint density at radius 3 is 2.50 bits per heavy atom. The van der Waals surface area contributed by atoms with Gasteiger partial charge in [-0.25, -0.2) is 0 Å². The lowest BCUT2D eigenvalue weighted by Crippen LogP contribution is -2.56. The first kappa shape index (κ1) is 9.52. The average molecular weight is 171 g/mol. The summed E-state index contributed by atoms with van der Waals surface area (Å²) >= 11 is 0. The fraction of sp³-hybridized carbons (Fsp3) is 0.889. The Balaban J connectivity index is 2.66. The molecule has 0 aromatic rings. The SMILES string of the molecule is CCC(N)(C(=O)OC)C1CCC1. The number of hydrogen-bond donors (Lipinski definition) is 1. The average Bonchev–Trinajstić information content (AvgIpc) is 1.99. The Labute approximate surface area is 73.3 Å². The van der Waals surface area contributed by atoms with Gasteiger partial charge in [-0.2, -0.15) is 0 Å². The number of carbonyl (C=O) groups is 1. The monoisotopic (exact) mass is 171 g/mol. The lowest BCUT2D eigenvalue weighted by molar-refractivity contribution is -0.151. The van der Waals surface area contributed by atoms with E-state index in [2.05, 4.69) is 0 Å². The van der Waals surface area contributed by atoms with Crippen LogP contribution in [-0.2, 0) is 9.53 Å². The van der Waals surface area contributed by atoms with Gasteiger partial charge in [-0.1, -0.05) is 13.3 Å². The molecule has 1 rings (SSSR count). The Hall–Kier alpha value is -0.570. The van der Waals surface area contributed by atoms with Gasteiger partial charge in [0.1, 0.15) is 5.54 Å². The molecular weight excluding hydrogens is 154 g/mol. The van der Waals surface area contributed by atoms with Crippen LogP contribution in [0.1, 0.15) is 32.6 Å². The van der Waals surface area contributed by atoms with Crippen molar-refractivity contribution < 1.29 is 9.53 Å². The van der Waals surface area contributed by atoms with Crippen LogP contribution in [0.5, 0.6) is 0 Å². The van der Waals surface area contributed by atoms with Crippen molar-refractivity contribution in [3.05, 3.63) is 0 Å². The van der Waals surface area contributed by atoms with Crippen LogP contribution in [0.4, 0.5) is 0 Å². The predicted octanol–water partition coefficient (Wildman–Crippen LogP) is 1.07. The van der Waals surface area contributed by atoms with Gasteiger partial charge in [0, 0.05) is 0 Å². The van der Waals surface area contributed by atoms with Crippen molar-refractivity contribution in [1.82, 2.24) is 0 Å². The fourth-order valence-corrected chi connectivity index (χ4v) is 1.71. The van der Waals surface area contributed by atoms with Crippen molar-refractivity contribution in [2.24, 2.45) is 11.7 Å². The van der Waals surface area contributed by atoms with Crippen molar-refractivity contribution in [1.29, 1.82) is 0 Å². The molecule has 0 bridgehead atoms. The molecule has 12 heavy (non-hydrogen) atoms. The van der Waals surface area contributed by atoms with Gasteiger partial charge >= 0.3 is 5.97 Å². The Morgan fingerprint density at radius 2 is 2.25 bits per heavy atom. The molecule has 1 fully saturated rings. The summed E-state index contributed by atoms with van der Waals surface area (Å²) in [4.78, 5) is 11.4. The molecule has 1 atom stereocenters. The normalized spacial score (nSPS) is 22.6. The second kappa shape index (κ2) is 3.44. The zero-order valence-electron chi connectivity index (χ0n) is 7.80. The molecule has 0 spiro atoms. The van der Waals surface area contributed by atoms with Gasteiger partial charge in [-0.05, 0) is 25.2 Å². The highest BCUT2D eigenvalue weighted by Crippen LogP contribution is 2.37. The highest BCUT2D eigenvalue weighted by Gasteiger charge is 2.44. The molecule has 0 aliphatic heterocycles. The summed E-state index contributed by atoms with van der Waals surface area (Å²) in [6.07, 6.45) is 4.00. The van der Waals surface area contributed by atoms with E-state index in [1.165, 1.54) is 13.5 Å². The van der Waals surface area contributed by atoms with E-state index in [4.69, 9.17) is 10.5 Å². The summed E-state index contributed by atoms with van der Waals surface area (Å²) in [5.74, 6) is 0.0876. The molecule has 0 aromatic carbocycles. The molecule has 0 amide bonds. The first-order valence-corrected chi connectivity index (χ1v) is 4.52. The van der Waals surface area contributed by atoms with E-state index in [9.17, 15) is 4.79 Å². The first-order chi connectivity index (χ1) is 5.65. The Morgan fingerprint density at radius 1 is 1.67 bits per heavy atom. The van der Waals surface area contributed by atoms with Crippen molar-refractivity contribution in [2.75, 3.05) is 7.11 Å². The number of esters is 1. The Kier molecular flexibility index (Phi) is 2.73. The molecule has 1 unspecified atom stereocenters. The van der Waals surface area contributed by atoms with Crippen LogP contribution < -0.4 is 5.73 Å². The molecule has 0 heterocycles. The predicted molar refractivity (Wildman–Crippen MR) is 46.6 cm³/mol. The van der Waals surface area contributed by atoms with E-state index < -0.39 is 5.54 Å². The van der Waals surface area contributed by atoms with Gasteiger partial charge in [0.2, 0.25) is 0 Å². The van der Waals surface area contributed by atoms with Crippen LogP contribution in [0.2, 0.25) is 0 Å². The van der Waals surface area contributed by atoms with Crippen LogP contribution in [-0.4, -0.2) is 18.6 Å². The van der Waals surface area contributed by atoms with Crippen LogP contribution in [0.15, 0.2) is 0 Å². The van der Waals surface area contributed by atoms with Crippen LogP contribution in [0, 0.1) is 5.92 Å². The van der Waals surface area contributed by atoms with E-state index >= 15 is 0 Å². The molecule has 0 aromatic heterocycles. The molecule has 0 radical (unpaired) electrons. The second-order valence-corrected chi connectivity index (χ2v) is 3.51. The lowest BCUT2D eigenvalue weighted by Gasteiger charge is -2.39. The number of methoxy groups -OCH3 is 1. The summed E-state index contributed by atoms with van der Waals surface area (Å²) in [5.41, 5.74) is 5.27. The molecule has 0 saturated heterocycles. The third-order valence-corrected chi connectivity index (χ3v) is 2.98. The first-order valence-electron chi connectivity index (χ1n) is 4.52. The second-order valence-electron chi connectivity index (χ2n) is 3.51. The van der Waals surface area contributed by atoms with Crippen LogP contribution in [0.3, 0.4) is 0 Å². The van der Waals surface area contributed by atoms with Crippen molar-refractivity contribution >= 4 is 5.97 Å². The molecule has 3 nitrogen and oxygen atoms in total. The summed E-state index contributed by atoms with van der Waals surface area (Å²) in [7, 11) is 1.40. The van der Waals surface area contributed by atoms with E-state index in [0.29, 0.717) is 12.3 Å². The maximum absolute atomic E-state index is 11.4. The van der Waals surface area contributed by atoms with Crippen molar-refractivity contribution in [2.45, 2.75) is 38.1 Å². The minimum atomic E-state index is -0.715. The van der Waals surface area contributed by atoms with Crippen molar-refractivity contribution in [3.8, 4) is 0 Å². The zero-order chi connectivity index (χ0) is 9.19. The number of hydrogen-bond acceptors (Lipinski definition) is 3. The maximum Gasteiger partial charge on any atom is 0.326 e. The summed E-state index contributed by atoms with van der Waals surface area (Å²) in [6.45, 7) is 1.94. The Bertz CT molecular complexity index is 177.